The van der Waals surface area contributed by atoms with Gasteiger partial charge in [0.15, 0.2) is 0 Å². The van der Waals surface area contributed by atoms with Crippen LogP contribution in [0.3, 0.4) is 0 Å². The Labute approximate surface area is 172 Å². The van der Waals surface area contributed by atoms with Gasteiger partial charge in [0, 0.05) is 13.1 Å². The van der Waals surface area contributed by atoms with Crippen molar-refractivity contribution < 1.29 is 4.79 Å². The molecule has 1 amide bonds. The fraction of sp³-hybridized carbons (Fsp3) is 0.273. The first kappa shape index (κ1) is 19.6. The van der Waals surface area contributed by atoms with Crippen molar-refractivity contribution in [1.82, 2.24) is 18.7 Å². The Morgan fingerprint density at radius 2 is 1.63 bits per heavy atom. The third-order valence-corrected chi connectivity index (χ3v) is 5.10. The van der Waals surface area contributed by atoms with E-state index in [1.165, 1.54) is 4.57 Å². The molecule has 2 aromatic heterocycles. The highest BCUT2D eigenvalue weighted by atomic mass is 16.2. The van der Waals surface area contributed by atoms with Gasteiger partial charge >= 0.3 is 5.69 Å². The highest BCUT2D eigenvalue weighted by molar-refractivity contribution is 5.92. The Balaban J connectivity index is 1.73. The number of aryl methyl sites for hydroxylation is 1. The molecule has 1 N–H and O–H groups in total. The number of anilines is 1. The normalized spacial score (nSPS) is 11.3. The average Bonchev–Trinajstić information content (AvgIpc) is 3.09. The van der Waals surface area contributed by atoms with Crippen LogP contribution in [0.1, 0.15) is 20.3 Å². The van der Waals surface area contributed by atoms with Crippen LogP contribution in [0, 0.1) is 0 Å². The summed E-state index contributed by atoms with van der Waals surface area (Å²) in [7, 11) is 0. The highest BCUT2D eigenvalue weighted by Gasteiger charge is 2.17. The maximum atomic E-state index is 12.9. The van der Waals surface area contributed by atoms with E-state index in [-0.39, 0.29) is 24.6 Å². The first-order chi connectivity index (χ1) is 14.5. The molecule has 8 nitrogen and oxygen atoms in total. The molecule has 0 bridgehead atoms. The van der Waals surface area contributed by atoms with Gasteiger partial charge in [-0.3, -0.25) is 24.0 Å². The van der Waals surface area contributed by atoms with Crippen LogP contribution in [0.2, 0.25) is 0 Å². The first-order valence-electron chi connectivity index (χ1n) is 10.0. The molecule has 30 heavy (non-hydrogen) atoms. The van der Waals surface area contributed by atoms with Gasteiger partial charge in [-0.25, -0.2) is 9.78 Å². The molecule has 4 aromatic rings. The minimum Gasteiger partial charge on any atom is -0.310 e. The number of carbonyl (C=O) groups excluding carboxylic acids is 1. The quantitative estimate of drug-likeness (QED) is 0.534. The van der Waals surface area contributed by atoms with Crippen molar-refractivity contribution in [2.45, 2.75) is 39.9 Å². The fourth-order valence-electron chi connectivity index (χ4n) is 3.73. The number of hydrogen-bond acceptors (Lipinski definition) is 4. The molecule has 0 aliphatic heterocycles. The van der Waals surface area contributed by atoms with E-state index in [9.17, 15) is 14.4 Å². The number of fused-ring (bicyclic) bond motifs is 2. The molecular formula is C22H23N5O3. The van der Waals surface area contributed by atoms with E-state index in [0.717, 1.165) is 22.0 Å². The van der Waals surface area contributed by atoms with Gasteiger partial charge in [0.1, 0.15) is 6.54 Å². The summed E-state index contributed by atoms with van der Waals surface area (Å²) in [5.41, 5.74) is 1.33. The summed E-state index contributed by atoms with van der Waals surface area (Å²) < 4.78 is 4.44. The van der Waals surface area contributed by atoms with Crippen molar-refractivity contribution in [2.24, 2.45) is 0 Å². The maximum absolute atomic E-state index is 12.9. The van der Waals surface area contributed by atoms with Gasteiger partial charge in [-0.1, -0.05) is 31.2 Å². The summed E-state index contributed by atoms with van der Waals surface area (Å²) in [5.74, 6) is 0.0698. The van der Waals surface area contributed by atoms with Crippen molar-refractivity contribution in [3.05, 3.63) is 69.4 Å². The number of aromatic nitrogens is 4. The van der Waals surface area contributed by atoms with Gasteiger partial charge in [0.25, 0.3) is 5.56 Å². The largest absolute Gasteiger partial charge is 0.331 e. The van der Waals surface area contributed by atoms with Crippen molar-refractivity contribution in [1.29, 1.82) is 0 Å². The zero-order valence-electron chi connectivity index (χ0n) is 17.0. The molecule has 0 radical (unpaired) electrons. The van der Waals surface area contributed by atoms with Gasteiger partial charge in [0.05, 0.1) is 21.9 Å². The van der Waals surface area contributed by atoms with Crippen molar-refractivity contribution in [3.8, 4) is 0 Å². The predicted molar refractivity (Wildman–Crippen MR) is 117 cm³/mol. The molecular weight excluding hydrogens is 382 g/mol. The predicted octanol–water partition coefficient (Wildman–Crippen LogP) is 2.58. The van der Waals surface area contributed by atoms with Crippen LogP contribution >= 0.6 is 0 Å². The second-order valence-electron chi connectivity index (χ2n) is 7.06. The lowest BCUT2D eigenvalue weighted by Gasteiger charge is -2.13. The van der Waals surface area contributed by atoms with Crippen LogP contribution in [-0.4, -0.2) is 24.6 Å². The topological polar surface area (TPSA) is 90.9 Å². The molecule has 2 aromatic carbocycles. The summed E-state index contributed by atoms with van der Waals surface area (Å²) in [5, 5.41) is 3.25. The lowest BCUT2D eigenvalue weighted by atomic mass is 10.2. The van der Waals surface area contributed by atoms with E-state index in [2.05, 4.69) is 17.2 Å². The number of amides is 1. The molecule has 4 rings (SSSR count). The second kappa shape index (κ2) is 7.98. The zero-order valence-corrected chi connectivity index (χ0v) is 17.0. The molecule has 2 heterocycles. The molecule has 0 saturated carbocycles. The summed E-state index contributed by atoms with van der Waals surface area (Å²) in [6, 6.07) is 14.5. The van der Waals surface area contributed by atoms with Crippen LogP contribution in [0.15, 0.2) is 58.1 Å². The molecule has 0 spiro atoms. The van der Waals surface area contributed by atoms with E-state index in [4.69, 9.17) is 0 Å². The van der Waals surface area contributed by atoms with Gasteiger partial charge in [-0.2, -0.15) is 0 Å². The molecule has 154 valence electrons. The Morgan fingerprint density at radius 3 is 2.37 bits per heavy atom. The van der Waals surface area contributed by atoms with Gasteiger partial charge in [0.2, 0.25) is 11.9 Å². The monoisotopic (exact) mass is 405 g/mol. The van der Waals surface area contributed by atoms with E-state index >= 15 is 0 Å². The fourth-order valence-corrected chi connectivity index (χ4v) is 3.73. The number of rotatable bonds is 6. The third kappa shape index (κ3) is 3.30. The van der Waals surface area contributed by atoms with E-state index in [1.54, 1.807) is 31.2 Å². The minimum absolute atomic E-state index is 0.213. The lowest BCUT2D eigenvalue weighted by Crippen LogP contribution is -2.41. The van der Waals surface area contributed by atoms with Crippen LogP contribution in [0.4, 0.5) is 5.95 Å². The van der Waals surface area contributed by atoms with Crippen LogP contribution < -0.4 is 16.6 Å². The summed E-state index contributed by atoms with van der Waals surface area (Å²) in [6.45, 7) is 4.51. The number of carbonyl (C=O) groups is 1. The minimum atomic E-state index is -0.501. The van der Waals surface area contributed by atoms with Crippen molar-refractivity contribution in [3.63, 3.8) is 0 Å². The Kier molecular flexibility index (Phi) is 5.22. The lowest BCUT2D eigenvalue weighted by molar-refractivity contribution is -0.116. The van der Waals surface area contributed by atoms with E-state index < -0.39 is 5.69 Å². The molecule has 0 saturated heterocycles. The van der Waals surface area contributed by atoms with Gasteiger partial charge < -0.3 is 4.57 Å². The number of nitrogens with one attached hydrogen (secondary N) is 1. The van der Waals surface area contributed by atoms with Crippen LogP contribution in [0.5, 0.6) is 0 Å². The number of para-hydroxylation sites is 3. The molecule has 0 aliphatic rings. The SMILES string of the molecule is CCCn1c(NC(=O)Cn2c(=O)n(CC)c(=O)c3ccccc32)nc2ccccc21. The van der Waals surface area contributed by atoms with E-state index in [0.29, 0.717) is 23.4 Å². The standard InChI is InChI=1S/C22H23N5O3/c1-3-13-26-18-12-8-6-10-16(18)23-21(26)24-19(28)14-27-17-11-7-5-9-15(17)20(29)25(4-2)22(27)30/h5-12H,3-4,13-14H2,1-2H3,(H,23,24,28). The molecule has 0 fully saturated rings. The number of hydrogen-bond donors (Lipinski definition) is 1. The van der Waals surface area contributed by atoms with Crippen molar-refractivity contribution >= 4 is 33.8 Å². The third-order valence-electron chi connectivity index (χ3n) is 5.10. The van der Waals surface area contributed by atoms with Crippen molar-refractivity contribution in [2.75, 3.05) is 5.32 Å². The molecule has 0 atom stereocenters. The number of benzene rings is 2. The molecule has 8 heteroatoms. The molecule has 0 unspecified atom stereocenters. The Hall–Kier alpha value is -3.68. The van der Waals surface area contributed by atoms with Crippen LogP contribution in [-0.2, 0) is 24.4 Å². The summed E-state index contributed by atoms with van der Waals surface area (Å²) in [6.07, 6.45) is 0.884. The second-order valence-corrected chi connectivity index (χ2v) is 7.06. The number of nitrogens with zero attached hydrogens (tertiary/aromatic N) is 4. The Bertz CT molecular complexity index is 1360. The van der Waals surface area contributed by atoms with E-state index in [1.807, 2.05) is 28.8 Å². The average molecular weight is 405 g/mol. The summed E-state index contributed by atoms with van der Waals surface area (Å²) >= 11 is 0. The smallest absolute Gasteiger partial charge is 0.310 e. The zero-order chi connectivity index (χ0) is 21.3. The molecule has 0 aliphatic carbocycles. The first-order valence-corrected chi connectivity index (χ1v) is 10.0. The van der Waals surface area contributed by atoms with Gasteiger partial charge in [-0.05, 0) is 37.6 Å². The maximum Gasteiger partial charge on any atom is 0.331 e. The highest BCUT2D eigenvalue weighted by Crippen LogP contribution is 2.20. The van der Waals surface area contributed by atoms with Gasteiger partial charge in [-0.15, -0.1) is 0 Å². The number of imidazole rings is 1. The summed E-state index contributed by atoms with van der Waals surface area (Å²) in [4.78, 5) is 42.8. The Morgan fingerprint density at radius 1 is 0.933 bits per heavy atom. The van der Waals surface area contributed by atoms with Crippen LogP contribution in [0.25, 0.3) is 21.9 Å².